The summed E-state index contributed by atoms with van der Waals surface area (Å²) in [5, 5.41) is 11.0. The van der Waals surface area contributed by atoms with E-state index in [4.69, 9.17) is 4.74 Å². The average Bonchev–Trinajstić information content (AvgIpc) is 3.12. The van der Waals surface area contributed by atoms with Crippen LogP contribution in [0, 0.1) is 12.7 Å². The molecular weight excluding hydrogens is 373 g/mol. The Kier molecular flexibility index (Phi) is 6.43. The van der Waals surface area contributed by atoms with Gasteiger partial charge in [-0.1, -0.05) is 23.4 Å². The SMILES string of the molecule is COc1cccc(-n2nnc(C(=O)NCCCN(C)c3ccccc3F)c2C)c1. The van der Waals surface area contributed by atoms with Gasteiger partial charge in [0.15, 0.2) is 5.69 Å². The number of para-hydroxylation sites is 1. The van der Waals surface area contributed by atoms with Crippen LogP contribution in [0.4, 0.5) is 10.1 Å². The first kappa shape index (κ1) is 20.3. The van der Waals surface area contributed by atoms with Crippen LogP contribution in [0.15, 0.2) is 48.5 Å². The molecule has 0 radical (unpaired) electrons. The van der Waals surface area contributed by atoms with E-state index in [1.807, 2.05) is 36.2 Å². The van der Waals surface area contributed by atoms with Gasteiger partial charge in [-0.15, -0.1) is 5.10 Å². The van der Waals surface area contributed by atoms with E-state index >= 15 is 0 Å². The van der Waals surface area contributed by atoms with Gasteiger partial charge in [0.25, 0.3) is 5.91 Å². The lowest BCUT2D eigenvalue weighted by Crippen LogP contribution is -2.29. The van der Waals surface area contributed by atoms with Crippen molar-refractivity contribution in [2.45, 2.75) is 13.3 Å². The van der Waals surface area contributed by atoms with Gasteiger partial charge in [-0.05, 0) is 37.6 Å². The van der Waals surface area contributed by atoms with E-state index in [1.54, 1.807) is 36.9 Å². The minimum absolute atomic E-state index is 0.260. The number of benzene rings is 2. The number of carbonyl (C=O) groups is 1. The van der Waals surface area contributed by atoms with Crippen molar-refractivity contribution in [3.8, 4) is 11.4 Å². The number of halogens is 1. The molecular formula is C21H24FN5O2. The number of anilines is 1. The minimum Gasteiger partial charge on any atom is -0.497 e. The molecule has 0 aliphatic heterocycles. The zero-order valence-electron chi connectivity index (χ0n) is 16.7. The largest absolute Gasteiger partial charge is 0.497 e. The molecule has 8 heteroatoms. The quantitative estimate of drug-likeness (QED) is 0.592. The normalized spacial score (nSPS) is 10.6. The van der Waals surface area contributed by atoms with Gasteiger partial charge >= 0.3 is 0 Å². The predicted molar refractivity (Wildman–Crippen MR) is 109 cm³/mol. The molecule has 0 bridgehead atoms. The molecule has 0 aliphatic rings. The van der Waals surface area contributed by atoms with Crippen molar-refractivity contribution < 1.29 is 13.9 Å². The van der Waals surface area contributed by atoms with E-state index in [-0.39, 0.29) is 17.4 Å². The molecule has 0 aliphatic carbocycles. The van der Waals surface area contributed by atoms with Crippen molar-refractivity contribution >= 4 is 11.6 Å². The number of hydrogen-bond acceptors (Lipinski definition) is 5. The maximum atomic E-state index is 13.8. The second-order valence-corrected chi connectivity index (χ2v) is 6.62. The molecule has 0 spiro atoms. The number of nitrogens with zero attached hydrogens (tertiary/aromatic N) is 4. The highest BCUT2D eigenvalue weighted by atomic mass is 19.1. The van der Waals surface area contributed by atoms with Gasteiger partial charge in [0.1, 0.15) is 11.6 Å². The molecule has 2 aromatic carbocycles. The number of nitrogens with one attached hydrogen (secondary N) is 1. The van der Waals surface area contributed by atoms with E-state index in [1.165, 1.54) is 6.07 Å². The lowest BCUT2D eigenvalue weighted by atomic mass is 10.2. The Labute approximate surface area is 169 Å². The Hall–Kier alpha value is -3.42. The van der Waals surface area contributed by atoms with Crippen molar-refractivity contribution in [1.29, 1.82) is 0 Å². The molecule has 0 saturated heterocycles. The van der Waals surface area contributed by atoms with Crippen molar-refractivity contribution in [2.75, 3.05) is 32.1 Å². The average molecular weight is 397 g/mol. The van der Waals surface area contributed by atoms with E-state index in [0.29, 0.717) is 36.6 Å². The summed E-state index contributed by atoms with van der Waals surface area (Å²) in [5.74, 6) is 0.149. The van der Waals surface area contributed by atoms with Gasteiger partial charge in [-0.2, -0.15) is 0 Å². The topological polar surface area (TPSA) is 72.3 Å². The minimum atomic E-state index is -0.287. The molecule has 3 aromatic rings. The van der Waals surface area contributed by atoms with Crippen LogP contribution in [-0.2, 0) is 0 Å². The summed E-state index contributed by atoms with van der Waals surface area (Å²) in [6.45, 7) is 2.85. The summed E-state index contributed by atoms with van der Waals surface area (Å²) in [6.07, 6.45) is 0.666. The predicted octanol–water partition coefficient (Wildman–Crippen LogP) is 2.98. The third kappa shape index (κ3) is 4.71. The molecule has 1 heterocycles. The zero-order chi connectivity index (χ0) is 20.8. The van der Waals surface area contributed by atoms with Crippen molar-refractivity contribution in [3.05, 3.63) is 65.7 Å². The molecule has 0 unspecified atom stereocenters. The molecule has 1 amide bonds. The fraction of sp³-hybridized carbons (Fsp3) is 0.286. The number of ether oxygens (including phenoxy) is 1. The van der Waals surface area contributed by atoms with Gasteiger partial charge in [0.05, 0.1) is 24.2 Å². The maximum absolute atomic E-state index is 13.8. The first-order valence-corrected chi connectivity index (χ1v) is 9.32. The van der Waals surface area contributed by atoms with Crippen LogP contribution >= 0.6 is 0 Å². The smallest absolute Gasteiger partial charge is 0.273 e. The maximum Gasteiger partial charge on any atom is 0.273 e. The van der Waals surface area contributed by atoms with Crippen LogP contribution in [0.1, 0.15) is 22.6 Å². The Morgan fingerprint density at radius 1 is 1.24 bits per heavy atom. The Bertz CT molecular complexity index is 989. The van der Waals surface area contributed by atoms with Gasteiger partial charge in [0, 0.05) is 26.2 Å². The third-order valence-corrected chi connectivity index (χ3v) is 4.63. The highest BCUT2D eigenvalue weighted by Crippen LogP contribution is 2.18. The molecule has 3 rings (SSSR count). The van der Waals surface area contributed by atoms with Crippen LogP contribution in [0.2, 0.25) is 0 Å². The second-order valence-electron chi connectivity index (χ2n) is 6.62. The summed E-state index contributed by atoms with van der Waals surface area (Å²) < 4.78 is 20.6. The standard InChI is InChI=1S/C21H24FN5O2/c1-15-20(24-25-27(15)16-8-6-9-17(14-16)29-3)21(28)23-12-7-13-26(2)19-11-5-4-10-18(19)22/h4-6,8-11,14H,7,12-13H2,1-3H3,(H,23,28). The molecule has 0 atom stereocenters. The number of rotatable bonds is 8. The fourth-order valence-electron chi connectivity index (χ4n) is 3.01. The molecule has 1 aromatic heterocycles. The number of aromatic nitrogens is 3. The Morgan fingerprint density at radius 3 is 2.79 bits per heavy atom. The van der Waals surface area contributed by atoms with E-state index < -0.39 is 0 Å². The monoisotopic (exact) mass is 397 g/mol. The number of carbonyl (C=O) groups excluding carboxylic acids is 1. The second kappa shape index (κ2) is 9.18. The van der Waals surface area contributed by atoms with Crippen LogP contribution in [0.3, 0.4) is 0 Å². The molecule has 29 heavy (non-hydrogen) atoms. The van der Waals surface area contributed by atoms with Gasteiger partial charge < -0.3 is 15.0 Å². The molecule has 1 N–H and O–H groups in total. The highest BCUT2D eigenvalue weighted by Gasteiger charge is 2.17. The summed E-state index contributed by atoms with van der Waals surface area (Å²) in [6, 6.07) is 14.0. The lowest BCUT2D eigenvalue weighted by Gasteiger charge is -2.19. The van der Waals surface area contributed by atoms with Crippen LogP contribution in [0.25, 0.3) is 5.69 Å². The summed E-state index contributed by atoms with van der Waals surface area (Å²) in [4.78, 5) is 14.3. The van der Waals surface area contributed by atoms with E-state index in [9.17, 15) is 9.18 Å². The number of amides is 1. The number of hydrogen-bond donors (Lipinski definition) is 1. The molecule has 0 saturated carbocycles. The molecule has 152 valence electrons. The third-order valence-electron chi connectivity index (χ3n) is 4.63. The zero-order valence-corrected chi connectivity index (χ0v) is 16.7. The first-order chi connectivity index (χ1) is 14.0. The molecule has 7 nitrogen and oxygen atoms in total. The molecule has 0 fully saturated rings. The van der Waals surface area contributed by atoms with E-state index in [2.05, 4.69) is 15.6 Å². The first-order valence-electron chi connectivity index (χ1n) is 9.32. The van der Waals surface area contributed by atoms with Gasteiger partial charge in [-0.25, -0.2) is 9.07 Å². The number of methoxy groups -OCH3 is 1. The van der Waals surface area contributed by atoms with Crippen LogP contribution in [-0.4, -0.2) is 48.1 Å². The van der Waals surface area contributed by atoms with Crippen molar-refractivity contribution in [1.82, 2.24) is 20.3 Å². The van der Waals surface area contributed by atoms with Crippen LogP contribution in [0.5, 0.6) is 5.75 Å². The van der Waals surface area contributed by atoms with Crippen molar-refractivity contribution in [2.24, 2.45) is 0 Å². The van der Waals surface area contributed by atoms with E-state index in [0.717, 1.165) is 5.69 Å². The van der Waals surface area contributed by atoms with Gasteiger partial charge in [-0.3, -0.25) is 4.79 Å². The van der Waals surface area contributed by atoms with Crippen LogP contribution < -0.4 is 15.0 Å². The van der Waals surface area contributed by atoms with Crippen molar-refractivity contribution in [3.63, 3.8) is 0 Å². The lowest BCUT2D eigenvalue weighted by molar-refractivity contribution is 0.0947. The Balaban J connectivity index is 1.56. The Morgan fingerprint density at radius 2 is 2.03 bits per heavy atom. The summed E-state index contributed by atoms with van der Waals surface area (Å²) >= 11 is 0. The fourth-order valence-corrected chi connectivity index (χ4v) is 3.01. The summed E-state index contributed by atoms with van der Waals surface area (Å²) in [5.41, 5.74) is 2.21. The highest BCUT2D eigenvalue weighted by molar-refractivity contribution is 5.93. The van der Waals surface area contributed by atoms with Gasteiger partial charge in [0.2, 0.25) is 0 Å². The summed E-state index contributed by atoms with van der Waals surface area (Å²) in [7, 11) is 3.42.